The normalized spacial score (nSPS) is 16.5. The summed E-state index contributed by atoms with van der Waals surface area (Å²) in [4.78, 5) is 99.7. The molecule has 0 aliphatic carbocycles. The third-order valence-corrected chi connectivity index (χ3v) is 13.8. The van der Waals surface area contributed by atoms with E-state index in [1.165, 1.54) is 5.56 Å². The molecule has 3 aromatic rings. The van der Waals surface area contributed by atoms with Gasteiger partial charge in [0, 0.05) is 30.3 Å². The average Bonchev–Trinajstić information content (AvgIpc) is 3.38. The summed E-state index contributed by atoms with van der Waals surface area (Å²) in [6, 6.07) is 19.2. The number of aliphatic carboxylic acids is 2. The molecule has 0 bridgehead atoms. The van der Waals surface area contributed by atoms with E-state index < -0.39 is 82.3 Å². The van der Waals surface area contributed by atoms with Crippen LogP contribution in [-0.4, -0.2) is 138 Å². The van der Waals surface area contributed by atoms with Crippen molar-refractivity contribution in [2.75, 3.05) is 41.2 Å². The highest BCUT2D eigenvalue weighted by Crippen LogP contribution is 2.33. The van der Waals surface area contributed by atoms with E-state index in [4.69, 9.17) is 39.0 Å². The number of hydrogen-bond acceptors (Lipinski definition) is 14. The highest BCUT2D eigenvalue weighted by atomic mass is 16.5. The summed E-state index contributed by atoms with van der Waals surface area (Å²) >= 11 is 0. The summed E-state index contributed by atoms with van der Waals surface area (Å²) in [6.45, 7) is 10.7. The van der Waals surface area contributed by atoms with E-state index in [9.17, 15) is 38.4 Å². The average molecular weight is 1060 g/mol. The highest BCUT2D eigenvalue weighted by molar-refractivity contribution is 6.39. The highest BCUT2D eigenvalue weighted by Gasteiger charge is 2.54. The molecular weight excluding hydrogens is 981 g/mol. The van der Waals surface area contributed by atoms with Crippen molar-refractivity contribution in [3.8, 4) is 17.2 Å². The fourth-order valence-electron chi connectivity index (χ4n) is 7.81. The zero-order valence-corrected chi connectivity index (χ0v) is 45.1. The number of aryl methyl sites for hydroxylation is 3. The molecule has 2 amide bonds. The number of esters is 2. The zero-order chi connectivity index (χ0) is 55.9. The van der Waals surface area contributed by atoms with E-state index in [1.807, 2.05) is 67.6 Å². The van der Waals surface area contributed by atoms with Crippen LogP contribution < -0.4 is 14.2 Å². The van der Waals surface area contributed by atoms with Gasteiger partial charge >= 0.3 is 23.9 Å². The Kier molecular flexibility index (Phi) is 27.4. The first kappa shape index (κ1) is 65.3. The first-order valence-corrected chi connectivity index (χ1v) is 25.6. The standard InChI is InChI=1S/C34H45NO8.C12H17NO6.C11H16O2.CH4/c1-6-34(2,3)30(36)31(37)35-28(32(38)42-21-9-7-11-24-13-17-26(40-4)18-14-24)23-29(35)33(39)43-22-10-8-12-25-15-19-27(41-5)20-16-25;1-4-12(2,3)8(14)9(15)13-6(10(16)17)5-7(13)11(18)19;1-13-11-7-5-10(6-8-11)4-2-3-9-12;/h13-20,28-29H,6-12,21-23H2,1-5H3;6-7H,4-5H2,1-3H3,(H,16,17)(H,18,19);5-8,12H,2-4,9H2,1H3;1H4/t28-,29+;6-,7+;;. The molecule has 18 heteroatoms. The number of benzene rings is 3. The SMILES string of the molecule is C.CCC(C)(C)C(=O)C(=O)N1[C@@H](C(=O)O)C[C@H]1C(=O)O.CCC(C)(C)C(=O)C(=O)N1[C@@H](C(=O)OCCCCc2ccc(OC)cc2)C[C@H]1C(=O)OCCCCc1ccc(OC)cc1.COc1ccc(CCCCO)cc1. The summed E-state index contributed by atoms with van der Waals surface area (Å²) in [5.74, 6) is -4.59. The molecule has 2 fully saturated rings. The van der Waals surface area contributed by atoms with Gasteiger partial charge in [-0.3, -0.25) is 19.2 Å². The number of ether oxygens (including phenoxy) is 5. The fraction of sp³-hybridized carbons (Fsp3) is 0.552. The van der Waals surface area contributed by atoms with E-state index in [0.717, 1.165) is 78.2 Å². The Bertz CT molecular complexity index is 2250. The predicted octanol–water partition coefficient (Wildman–Crippen LogP) is 7.89. The number of aliphatic hydroxyl groups is 1. The molecule has 2 aliphatic rings. The van der Waals surface area contributed by atoms with Gasteiger partial charge in [0.2, 0.25) is 11.6 Å². The first-order valence-electron chi connectivity index (χ1n) is 25.6. The number of carboxylic acids is 2. The molecule has 0 aromatic heterocycles. The van der Waals surface area contributed by atoms with Gasteiger partial charge in [-0.1, -0.05) is 85.4 Å². The van der Waals surface area contributed by atoms with Crippen LogP contribution in [-0.2, 0) is 67.1 Å². The zero-order valence-electron chi connectivity index (χ0n) is 45.1. The molecule has 2 aliphatic heterocycles. The number of carbonyl (C=O) groups excluding carboxylic acids is 6. The largest absolute Gasteiger partial charge is 0.497 e. The molecule has 0 radical (unpaired) electrons. The van der Waals surface area contributed by atoms with Gasteiger partial charge in [-0.2, -0.15) is 0 Å². The lowest BCUT2D eigenvalue weighted by atomic mass is 9.82. The van der Waals surface area contributed by atoms with Gasteiger partial charge < -0.3 is 48.8 Å². The van der Waals surface area contributed by atoms with Crippen LogP contribution in [0.3, 0.4) is 0 Å². The Labute approximate surface area is 448 Å². The molecule has 420 valence electrons. The van der Waals surface area contributed by atoms with E-state index in [2.05, 4.69) is 12.1 Å². The number of Topliss-reactive ketones (excluding diaryl/α,β-unsaturated/α-hetero) is 2. The van der Waals surface area contributed by atoms with Crippen molar-refractivity contribution in [2.45, 2.75) is 157 Å². The number of methoxy groups -OCH3 is 3. The second-order valence-electron chi connectivity index (χ2n) is 19.7. The van der Waals surface area contributed by atoms with Gasteiger partial charge in [0.25, 0.3) is 11.8 Å². The van der Waals surface area contributed by atoms with Crippen molar-refractivity contribution in [1.82, 2.24) is 9.80 Å². The molecule has 76 heavy (non-hydrogen) atoms. The van der Waals surface area contributed by atoms with Crippen molar-refractivity contribution in [2.24, 2.45) is 10.8 Å². The molecular formula is C58H82N2O16. The van der Waals surface area contributed by atoms with Gasteiger partial charge in [-0.25, -0.2) is 19.2 Å². The number of likely N-dealkylation sites (tertiary alicyclic amines) is 2. The predicted molar refractivity (Wildman–Crippen MR) is 285 cm³/mol. The number of unbranched alkanes of at least 4 members (excludes halogenated alkanes) is 3. The maximum Gasteiger partial charge on any atom is 0.328 e. The van der Waals surface area contributed by atoms with Gasteiger partial charge in [-0.05, 0) is 124 Å². The summed E-state index contributed by atoms with van der Waals surface area (Å²) in [5.41, 5.74) is 1.76. The second kappa shape index (κ2) is 31.9. The molecule has 4 atom stereocenters. The summed E-state index contributed by atoms with van der Waals surface area (Å²) in [5, 5.41) is 26.4. The van der Waals surface area contributed by atoms with E-state index in [-0.39, 0.29) is 40.1 Å². The number of nitrogens with zero attached hydrogens (tertiary/aromatic N) is 2. The van der Waals surface area contributed by atoms with Crippen LogP contribution in [0.5, 0.6) is 17.2 Å². The lowest BCUT2D eigenvalue weighted by Crippen LogP contribution is -2.67. The van der Waals surface area contributed by atoms with Crippen molar-refractivity contribution in [3.63, 3.8) is 0 Å². The minimum absolute atomic E-state index is 0. The Balaban J connectivity index is 0.000000489. The number of hydrogen-bond donors (Lipinski definition) is 3. The Hall–Kier alpha value is -6.82. The lowest BCUT2D eigenvalue weighted by molar-refractivity contribution is -0.179. The minimum Gasteiger partial charge on any atom is -0.497 e. The number of ketones is 2. The van der Waals surface area contributed by atoms with Crippen LogP contribution in [0.1, 0.15) is 130 Å². The monoisotopic (exact) mass is 1060 g/mol. The molecule has 0 spiro atoms. The summed E-state index contributed by atoms with van der Waals surface area (Å²) < 4.78 is 26.3. The van der Waals surface area contributed by atoms with Gasteiger partial charge in [0.05, 0.1) is 34.5 Å². The van der Waals surface area contributed by atoms with Crippen LogP contribution in [0.4, 0.5) is 0 Å². The number of aliphatic hydroxyl groups excluding tert-OH is 1. The van der Waals surface area contributed by atoms with Crippen LogP contribution in [0.2, 0.25) is 0 Å². The third-order valence-electron chi connectivity index (χ3n) is 13.8. The maximum atomic E-state index is 13.3. The van der Waals surface area contributed by atoms with E-state index in [1.54, 1.807) is 55.9 Å². The maximum absolute atomic E-state index is 13.3. The van der Waals surface area contributed by atoms with Crippen molar-refractivity contribution in [1.29, 1.82) is 0 Å². The molecule has 2 heterocycles. The van der Waals surface area contributed by atoms with Crippen LogP contribution in [0.25, 0.3) is 0 Å². The molecule has 18 nitrogen and oxygen atoms in total. The molecule has 0 saturated carbocycles. The fourth-order valence-corrected chi connectivity index (χ4v) is 7.81. The van der Waals surface area contributed by atoms with E-state index >= 15 is 0 Å². The van der Waals surface area contributed by atoms with Gasteiger partial charge in [0.15, 0.2) is 0 Å². The van der Waals surface area contributed by atoms with Crippen molar-refractivity contribution in [3.05, 3.63) is 89.5 Å². The minimum atomic E-state index is -1.30. The molecule has 0 unspecified atom stereocenters. The number of rotatable bonds is 27. The van der Waals surface area contributed by atoms with Crippen LogP contribution in [0.15, 0.2) is 72.8 Å². The number of carboxylic acid groups (broad SMARTS) is 2. The Morgan fingerprint density at radius 1 is 0.487 bits per heavy atom. The lowest BCUT2D eigenvalue weighted by Gasteiger charge is -2.45. The molecule has 5 rings (SSSR count). The molecule has 3 aromatic carbocycles. The summed E-state index contributed by atoms with van der Waals surface area (Å²) in [6.07, 6.45) is 8.25. The van der Waals surface area contributed by atoms with Gasteiger partial charge in [-0.15, -0.1) is 0 Å². The quantitative estimate of drug-likeness (QED) is 0.0373. The van der Waals surface area contributed by atoms with Gasteiger partial charge in [0.1, 0.15) is 41.4 Å². The van der Waals surface area contributed by atoms with Crippen molar-refractivity contribution < 1.29 is 77.4 Å². The smallest absolute Gasteiger partial charge is 0.328 e. The van der Waals surface area contributed by atoms with Crippen LogP contribution >= 0.6 is 0 Å². The topological polar surface area (TPSA) is 250 Å². The summed E-state index contributed by atoms with van der Waals surface area (Å²) in [7, 11) is 4.91. The second-order valence-corrected chi connectivity index (χ2v) is 19.7. The molecule has 3 N–H and O–H groups in total. The Morgan fingerprint density at radius 2 is 0.776 bits per heavy atom. The number of amides is 2. The third kappa shape index (κ3) is 19.1. The number of carbonyl (C=O) groups is 8. The van der Waals surface area contributed by atoms with Crippen molar-refractivity contribution >= 4 is 47.3 Å². The Morgan fingerprint density at radius 3 is 1.05 bits per heavy atom. The van der Waals surface area contributed by atoms with E-state index in [0.29, 0.717) is 30.6 Å². The first-order chi connectivity index (χ1) is 35.6. The molecule has 2 saturated heterocycles. The van der Waals surface area contributed by atoms with Crippen LogP contribution in [0, 0.1) is 10.8 Å².